The Bertz CT molecular complexity index is 403. The van der Waals surface area contributed by atoms with Crippen LogP contribution in [0.4, 0.5) is 0 Å². The van der Waals surface area contributed by atoms with E-state index < -0.39 is 27.8 Å². The molecule has 0 saturated carbocycles. The van der Waals surface area contributed by atoms with Gasteiger partial charge >= 0.3 is 0 Å². The number of nitrogens with two attached hydrogens (primary N) is 1. The van der Waals surface area contributed by atoms with E-state index in [2.05, 4.69) is 5.32 Å². The molecule has 0 unspecified atom stereocenters. The third-order valence-electron chi connectivity index (χ3n) is 2.61. The summed E-state index contributed by atoms with van der Waals surface area (Å²) in [5.74, 6) is -0.900. The largest absolute Gasteiger partial charge is 0.345 e. The maximum Gasteiger partial charge on any atom is 0.237 e. The summed E-state index contributed by atoms with van der Waals surface area (Å²) in [5.41, 5.74) is 5.65. The van der Waals surface area contributed by atoms with Crippen LogP contribution in [0.2, 0.25) is 0 Å². The van der Waals surface area contributed by atoms with E-state index >= 15 is 0 Å². The van der Waals surface area contributed by atoms with Crippen LogP contribution < -0.4 is 11.1 Å². The highest BCUT2D eigenvalue weighted by atomic mass is 32.2. The summed E-state index contributed by atoms with van der Waals surface area (Å²) in [6, 6.07) is -1.50. The zero-order valence-electron chi connectivity index (χ0n) is 11.3. The van der Waals surface area contributed by atoms with Crippen molar-refractivity contribution in [3.63, 3.8) is 0 Å². The Morgan fingerprint density at radius 2 is 1.78 bits per heavy atom. The summed E-state index contributed by atoms with van der Waals surface area (Å²) in [4.78, 5) is 23.0. The van der Waals surface area contributed by atoms with E-state index in [1.54, 1.807) is 13.8 Å². The van der Waals surface area contributed by atoms with Crippen LogP contribution in [-0.4, -0.2) is 44.2 Å². The van der Waals surface area contributed by atoms with E-state index in [1.165, 1.54) is 6.92 Å². The van der Waals surface area contributed by atoms with Gasteiger partial charge in [-0.1, -0.05) is 13.8 Å². The lowest BCUT2D eigenvalue weighted by Crippen LogP contribution is -2.50. The first-order valence-electron chi connectivity index (χ1n) is 5.78. The van der Waals surface area contributed by atoms with Crippen molar-refractivity contribution in [1.29, 1.82) is 0 Å². The minimum Gasteiger partial charge on any atom is -0.345 e. The SMILES string of the molecule is CC(=O)[C@H](CCS(C)(=O)=O)NC(=O)[C@@H](N)C(C)C. The van der Waals surface area contributed by atoms with Gasteiger partial charge in [-0.15, -0.1) is 0 Å². The summed E-state index contributed by atoms with van der Waals surface area (Å²) in [5, 5.41) is 2.49. The highest BCUT2D eigenvalue weighted by Gasteiger charge is 2.23. The van der Waals surface area contributed by atoms with Crippen molar-refractivity contribution >= 4 is 21.5 Å². The number of Topliss-reactive ketones (excluding diaryl/α,β-unsaturated/α-hetero) is 1. The molecule has 0 aliphatic carbocycles. The number of hydrogen-bond acceptors (Lipinski definition) is 5. The molecular weight excluding hydrogens is 256 g/mol. The van der Waals surface area contributed by atoms with Gasteiger partial charge in [0, 0.05) is 6.26 Å². The predicted octanol–water partition coefficient (Wildman–Crippen LogP) is -0.522. The molecule has 0 bridgehead atoms. The molecule has 106 valence electrons. The Morgan fingerprint density at radius 1 is 1.28 bits per heavy atom. The van der Waals surface area contributed by atoms with Gasteiger partial charge in [0.25, 0.3) is 0 Å². The van der Waals surface area contributed by atoms with E-state index in [-0.39, 0.29) is 23.9 Å². The van der Waals surface area contributed by atoms with Crippen LogP contribution in [0.15, 0.2) is 0 Å². The molecule has 0 aromatic heterocycles. The van der Waals surface area contributed by atoms with Crippen LogP contribution in [0.5, 0.6) is 0 Å². The van der Waals surface area contributed by atoms with Crippen molar-refractivity contribution in [3.05, 3.63) is 0 Å². The number of carbonyl (C=O) groups is 2. The first-order chi connectivity index (χ1) is 8.04. The Morgan fingerprint density at radius 3 is 2.11 bits per heavy atom. The topological polar surface area (TPSA) is 106 Å². The molecule has 0 spiro atoms. The molecule has 0 aliphatic rings. The van der Waals surface area contributed by atoms with Crippen LogP contribution in [0.25, 0.3) is 0 Å². The maximum atomic E-state index is 11.7. The highest BCUT2D eigenvalue weighted by Crippen LogP contribution is 2.02. The predicted molar refractivity (Wildman–Crippen MR) is 69.8 cm³/mol. The van der Waals surface area contributed by atoms with Gasteiger partial charge in [-0.2, -0.15) is 0 Å². The van der Waals surface area contributed by atoms with Gasteiger partial charge in [0.2, 0.25) is 5.91 Å². The number of sulfone groups is 1. The van der Waals surface area contributed by atoms with E-state index in [0.717, 1.165) is 6.26 Å². The van der Waals surface area contributed by atoms with Crippen LogP contribution in [0, 0.1) is 5.92 Å². The minimum atomic E-state index is -3.16. The molecule has 0 rings (SSSR count). The fourth-order valence-corrected chi connectivity index (χ4v) is 1.94. The number of carbonyl (C=O) groups excluding carboxylic acids is 2. The Balaban J connectivity index is 4.55. The number of amides is 1. The quantitative estimate of drug-likeness (QED) is 0.651. The van der Waals surface area contributed by atoms with Crippen LogP contribution in [-0.2, 0) is 19.4 Å². The standard InChI is InChI=1S/C11H22N2O4S/c1-7(2)10(12)11(15)13-9(8(3)14)5-6-18(4,16)17/h7,9-10H,5-6,12H2,1-4H3,(H,13,15)/t9-,10-/m0/s1. The van der Waals surface area contributed by atoms with Gasteiger partial charge in [0.15, 0.2) is 5.78 Å². The van der Waals surface area contributed by atoms with Gasteiger partial charge < -0.3 is 11.1 Å². The van der Waals surface area contributed by atoms with E-state index in [0.29, 0.717) is 0 Å². The Kier molecular flexibility index (Phi) is 6.48. The molecule has 3 N–H and O–H groups in total. The van der Waals surface area contributed by atoms with Crippen molar-refractivity contribution < 1.29 is 18.0 Å². The van der Waals surface area contributed by atoms with E-state index in [1.807, 2.05) is 0 Å². The molecule has 0 aromatic rings. The second-order valence-electron chi connectivity index (χ2n) is 4.86. The lowest BCUT2D eigenvalue weighted by molar-refractivity contribution is -0.128. The molecule has 0 aliphatic heterocycles. The normalized spacial score (nSPS) is 15.2. The summed E-state index contributed by atoms with van der Waals surface area (Å²) >= 11 is 0. The van der Waals surface area contributed by atoms with Crippen molar-refractivity contribution in [2.45, 2.75) is 39.3 Å². The molecule has 1 amide bonds. The fourth-order valence-electron chi connectivity index (χ4n) is 1.28. The van der Waals surface area contributed by atoms with Gasteiger partial charge in [-0.3, -0.25) is 9.59 Å². The zero-order chi connectivity index (χ0) is 14.5. The average Bonchev–Trinajstić information content (AvgIpc) is 2.20. The molecule has 6 nitrogen and oxygen atoms in total. The molecule has 18 heavy (non-hydrogen) atoms. The lowest BCUT2D eigenvalue weighted by Gasteiger charge is -2.20. The molecule has 0 saturated heterocycles. The fraction of sp³-hybridized carbons (Fsp3) is 0.818. The summed E-state index contributed by atoms with van der Waals surface area (Å²) in [6.45, 7) is 4.90. The van der Waals surface area contributed by atoms with Gasteiger partial charge in [-0.25, -0.2) is 8.42 Å². The lowest BCUT2D eigenvalue weighted by atomic mass is 10.0. The monoisotopic (exact) mass is 278 g/mol. The van der Waals surface area contributed by atoms with Crippen molar-refractivity contribution in [1.82, 2.24) is 5.32 Å². The van der Waals surface area contributed by atoms with Gasteiger partial charge in [0.05, 0.1) is 17.8 Å². The number of rotatable bonds is 7. The second-order valence-corrected chi connectivity index (χ2v) is 7.12. The summed E-state index contributed by atoms with van der Waals surface area (Å²) in [6.07, 6.45) is 1.16. The molecule has 0 aromatic carbocycles. The third-order valence-corrected chi connectivity index (χ3v) is 3.58. The number of nitrogens with one attached hydrogen (secondary N) is 1. The molecule has 0 heterocycles. The Labute approximate surface area is 108 Å². The maximum absolute atomic E-state index is 11.7. The molecular formula is C11H22N2O4S. The highest BCUT2D eigenvalue weighted by molar-refractivity contribution is 7.90. The second kappa shape index (κ2) is 6.84. The first kappa shape index (κ1) is 17.1. The molecule has 0 radical (unpaired) electrons. The van der Waals surface area contributed by atoms with Crippen LogP contribution >= 0.6 is 0 Å². The van der Waals surface area contributed by atoms with E-state index in [4.69, 9.17) is 5.73 Å². The number of ketones is 1. The smallest absolute Gasteiger partial charge is 0.237 e. The molecule has 7 heteroatoms. The molecule has 2 atom stereocenters. The van der Waals surface area contributed by atoms with Crippen LogP contribution in [0.1, 0.15) is 27.2 Å². The average molecular weight is 278 g/mol. The van der Waals surface area contributed by atoms with Crippen molar-refractivity contribution in [2.75, 3.05) is 12.0 Å². The minimum absolute atomic E-state index is 0.0486. The van der Waals surface area contributed by atoms with E-state index in [9.17, 15) is 18.0 Å². The van der Waals surface area contributed by atoms with Crippen molar-refractivity contribution in [2.24, 2.45) is 11.7 Å². The summed E-state index contributed by atoms with van der Waals surface area (Å²) in [7, 11) is -3.16. The first-order valence-corrected chi connectivity index (χ1v) is 7.84. The number of hydrogen-bond donors (Lipinski definition) is 2. The third kappa shape index (κ3) is 6.70. The van der Waals surface area contributed by atoms with Crippen LogP contribution in [0.3, 0.4) is 0 Å². The zero-order valence-corrected chi connectivity index (χ0v) is 12.1. The molecule has 0 fully saturated rings. The van der Waals surface area contributed by atoms with Crippen molar-refractivity contribution in [3.8, 4) is 0 Å². The Hall–Kier alpha value is -0.950. The summed E-state index contributed by atoms with van der Waals surface area (Å²) < 4.78 is 22.1. The van der Waals surface area contributed by atoms with Gasteiger partial charge in [0.1, 0.15) is 9.84 Å². The van der Waals surface area contributed by atoms with Gasteiger partial charge in [-0.05, 0) is 19.3 Å².